The van der Waals surface area contributed by atoms with Gasteiger partial charge < -0.3 is 9.64 Å². The lowest BCUT2D eigenvalue weighted by Crippen LogP contribution is -2.31. The van der Waals surface area contributed by atoms with Crippen LogP contribution in [-0.4, -0.2) is 48.5 Å². The maximum absolute atomic E-state index is 11.3. The van der Waals surface area contributed by atoms with Crippen LogP contribution < -0.4 is 0 Å². The number of Topliss-reactive ketones (excluding diaryl/α,β-unsaturated/α-hetero) is 2. The molecule has 6 heteroatoms. The van der Waals surface area contributed by atoms with E-state index in [0.29, 0.717) is 0 Å². The Morgan fingerprint density at radius 3 is 2.00 bits per heavy atom. The molecule has 0 aliphatic carbocycles. The minimum absolute atomic E-state index is 0.0201. The number of carbonyl (C=O) groups is 4. The van der Waals surface area contributed by atoms with Crippen LogP contribution >= 0.6 is 0 Å². The molecule has 0 heterocycles. The molecule has 0 saturated carbocycles. The monoisotopic (exact) mass is 243 g/mol. The van der Waals surface area contributed by atoms with Crippen LogP contribution in [0, 0.1) is 0 Å². The van der Waals surface area contributed by atoms with Crippen LogP contribution in [0.4, 0.5) is 0 Å². The topological polar surface area (TPSA) is 80.8 Å². The molecule has 0 spiro atoms. The van der Waals surface area contributed by atoms with Gasteiger partial charge in [0.2, 0.25) is 5.91 Å². The Morgan fingerprint density at radius 2 is 1.53 bits per heavy atom. The van der Waals surface area contributed by atoms with E-state index in [9.17, 15) is 19.2 Å². The summed E-state index contributed by atoms with van der Waals surface area (Å²) in [5.41, 5.74) is 0. The van der Waals surface area contributed by atoms with Crippen molar-refractivity contribution in [2.24, 2.45) is 0 Å². The highest BCUT2D eigenvalue weighted by atomic mass is 16.5. The van der Waals surface area contributed by atoms with Crippen molar-refractivity contribution in [1.82, 2.24) is 4.90 Å². The second-order valence-corrected chi connectivity index (χ2v) is 3.79. The van der Waals surface area contributed by atoms with Gasteiger partial charge in [-0.1, -0.05) is 0 Å². The summed E-state index contributed by atoms with van der Waals surface area (Å²) < 4.78 is 4.74. The van der Waals surface area contributed by atoms with Gasteiger partial charge in [-0.15, -0.1) is 0 Å². The van der Waals surface area contributed by atoms with E-state index in [4.69, 9.17) is 4.74 Å². The first-order valence-corrected chi connectivity index (χ1v) is 5.21. The molecule has 0 fully saturated rings. The number of hydrogen-bond donors (Lipinski definition) is 0. The third-order valence-corrected chi connectivity index (χ3v) is 1.91. The molecule has 0 saturated heterocycles. The highest BCUT2D eigenvalue weighted by Gasteiger charge is 2.12. The van der Waals surface area contributed by atoms with Crippen molar-refractivity contribution in [2.75, 3.05) is 20.2 Å². The molecule has 0 aromatic carbocycles. The van der Waals surface area contributed by atoms with Crippen molar-refractivity contribution in [3.63, 3.8) is 0 Å². The molecular formula is C11H17NO5. The molecule has 0 rings (SSSR count). The molecule has 0 aromatic heterocycles. The van der Waals surface area contributed by atoms with Crippen LogP contribution in [0.1, 0.15) is 26.7 Å². The zero-order valence-corrected chi connectivity index (χ0v) is 10.3. The summed E-state index contributed by atoms with van der Waals surface area (Å²) in [4.78, 5) is 44.9. The van der Waals surface area contributed by atoms with E-state index < -0.39 is 5.97 Å². The standard InChI is InChI=1S/C11H17NO5/c1-8(13)6-10(15)12(3)4-5-17-11(16)7-9(2)14/h4-7H2,1-3H3. The predicted molar refractivity (Wildman–Crippen MR) is 59.2 cm³/mol. The molecule has 0 aliphatic heterocycles. The minimum atomic E-state index is -0.607. The number of hydrogen-bond acceptors (Lipinski definition) is 5. The Bertz CT molecular complexity index is 324. The zero-order valence-electron chi connectivity index (χ0n) is 10.3. The third kappa shape index (κ3) is 8.12. The van der Waals surface area contributed by atoms with Crippen molar-refractivity contribution in [1.29, 1.82) is 0 Å². The van der Waals surface area contributed by atoms with Crippen LogP contribution in [0.25, 0.3) is 0 Å². The maximum Gasteiger partial charge on any atom is 0.313 e. The lowest BCUT2D eigenvalue weighted by molar-refractivity contribution is -0.147. The summed E-state index contributed by atoms with van der Waals surface area (Å²) in [6, 6.07) is 0. The smallest absolute Gasteiger partial charge is 0.313 e. The fourth-order valence-electron chi connectivity index (χ4n) is 1.02. The number of ketones is 2. The first-order valence-electron chi connectivity index (χ1n) is 5.21. The van der Waals surface area contributed by atoms with Gasteiger partial charge in [0.25, 0.3) is 0 Å². The summed E-state index contributed by atoms with van der Waals surface area (Å²) in [7, 11) is 1.52. The van der Waals surface area contributed by atoms with E-state index in [1.54, 1.807) is 0 Å². The Kier molecular flexibility index (Phi) is 6.77. The fourth-order valence-corrected chi connectivity index (χ4v) is 1.02. The van der Waals surface area contributed by atoms with Crippen LogP contribution in [0.3, 0.4) is 0 Å². The van der Waals surface area contributed by atoms with E-state index in [1.165, 1.54) is 25.8 Å². The summed E-state index contributed by atoms with van der Waals surface area (Å²) in [5.74, 6) is -1.41. The minimum Gasteiger partial charge on any atom is -0.463 e. The van der Waals surface area contributed by atoms with E-state index in [0.717, 1.165) is 0 Å². The fraction of sp³-hybridized carbons (Fsp3) is 0.636. The Hall–Kier alpha value is -1.72. The molecule has 17 heavy (non-hydrogen) atoms. The Labute approximate surface area is 99.9 Å². The first-order chi connectivity index (χ1) is 7.82. The van der Waals surface area contributed by atoms with Gasteiger partial charge in [0.1, 0.15) is 24.6 Å². The molecule has 0 atom stereocenters. The van der Waals surface area contributed by atoms with Crippen LogP contribution in [0.5, 0.6) is 0 Å². The van der Waals surface area contributed by atoms with Crippen LogP contribution in [0.15, 0.2) is 0 Å². The Balaban J connectivity index is 3.81. The van der Waals surface area contributed by atoms with Gasteiger partial charge in [0.05, 0.1) is 13.0 Å². The van der Waals surface area contributed by atoms with Crippen molar-refractivity contribution in [3.8, 4) is 0 Å². The molecule has 6 nitrogen and oxygen atoms in total. The average Bonchev–Trinajstić information content (AvgIpc) is 2.14. The summed E-state index contributed by atoms with van der Waals surface area (Å²) >= 11 is 0. The van der Waals surface area contributed by atoms with Crippen molar-refractivity contribution in [3.05, 3.63) is 0 Å². The van der Waals surface area contributed by atoms with Gasteiger partial charge in [0, 0.05) is 7.05 Å². The number of ether oxygens (including phenoxy) is 1. The highest BCUT2D eigenvalue weighted by Crippen LogP contribution is 1.94. The number of amides is 1. The van der Waals surface area contributed by atoms with E-state index in [1.807, 2.05) is 0 Å². The normalized spacial score (nSPS) is 9.59. The van der Waals surface area contributed by atoms with Gasteiger partial charge in [-0.3, -0.25) is 19.2 Å². The average molecular weight is 243 g/mol. The number of rotatable bonds is 7. The summed E-state index contributed by atoms with van der Waals surface area (Å²) in [6.45, 7) is 2.85. The van der Waals surface area contributed by atoms with Gasteiger partial charge >= 0.3 is 5.97 Å². The molecule has 0 bridgehead atoms. The second-order valence-electron chi connectivity index (χ2n) is 3.79. The van der Waals surface area contributed by atoms with E-state index >= 15 is 0 Å². The SMILES string of the molecule is CC(=O)CC(=O)OCCN(C)C(=O)CC(C)=O. The quantitative estimate of drug-likeness (QED) is 0.462. The number of likely N-dealkylation sites (N-methyl/N-ethyl adjacent to an activating group) is 1. The molecule has 0 N–H and O–H groups in total. The third-order valence-electron chi connectivity index (χ3n) is 1.91. The number of carbonyl (C=O) groups excluding carboxylic acids is 4. The highest BCUT2D eigenvalue weighted by molar-refractivity contribution is 5.96. The largest absolute Gasteiger partial charge is 0.463 e. The summed E-state index contributed by atoms with van der Waals surface area (Å²) in [5, 5.41) is 0. The lowest BCUT2D eigenvalue weighted by atomic mass is 10.3. The van der Waals surface area contributed by atoms with Gasteiger partial charge in [-0.2, -0.15) is 0 Å². The molecule has 0 unspecified atom stereocenters. The molecule has 1 amide bonds. The van der Waals surface area contributed by atoms with Crippen LogP contribution in [0.2, 0.25) is 0 Å². The van der Waals surface area contributed by atoms with Gasteiger partial charge in [-0.25, -0.2) is 0 Å². The molecular weight excluding hydrogens is 226 g/mol. The molecule has 0 radical (unpaired) electrons. The zero-order chi connectivity index (χ0) is 13.4. The maximum atomic E-state index is 11.3. The molecule has 0 aromatic rings. The molecule has 96 valence electrons. The molecule has 0 aliphatic rings. The van der Waals surface area contributed by atoms with Crippen molar-refractivity contribution < 1.29 is 23.9 Å². The van der Waals surface area contributed by atoms with E-state index in [-0.39, 0.29) is 43.5 Å². The van der Waals surface area contributed by atoms with Crippen LogP contribution in [-0.2, 0) is 23.9 Å². The van der Waals surface area contributed by atoms with Gasteiger partial charge in [-0.05, 0) is 13.8 Å². The lowest BCUT2D eigenvalue weighted by Gasteiger charge is -2.16. The number of nitrogens with zero attached hydrogens (tertiary/aromatic N) is 1. The first kappa shape index (κ1) is 15.3. The van der Waals surface area contributed by atoms with Gasteiger partial charge in [0.15, 0.2) is 0 Å². The summed E-state index contributed by atoms with van der Waals surface area (Å²) in [6.07, 6.45) is -0.414. The van der Waals surface area contributed by atoms with Crippen molar-refractivity contribution in [2.45, 2.75) is 26.7 Å². The van der Waals surface area contributed by atoms with E-state index in [2.05, 4.69) is 0 Å². The van der Waals surface area contributed by atoms with Crippen molar-refractivity contribution >= 4 is 23.4 Å². The number of esters is 1. The second kappa shape index (κ2) is 7.54. The predicted octanol–water partition coefficient (Wildman–Crippen LogP) is -0.0538. The Morgan fingerprint density at radius 1 is 1.00 bits per heavy atom.